The second kappa shape index (κ2) is 11.1. The molecule has 3 aromatic rings. The van der Waals surface area contributed by atoms with Crippen molar-refractivity contribution in [2.75, 3.05) is 36.4 Å². The molecule has 0 bridgehead atoms. The lowest BCUT2D eigenvalue weighted by Gasteiger charge is -2.36. The van der Waals surface area contributed by atoms with Crippen molar-refractivity contribution in [3.8, 4) is 0 Å². The van der Waals surface area contributed by atoms with Crippen LogP contribution in [0.15, 0.2) is 72.8 Å². The van der Waals surface area contributed by atoms with E-state index in [0.717, 1.165) is 5.69 Å². The Labute approximate surface area is 217 Å². The molecule has 0 radical (unpaired) electrons. The number of piperazine rings is 1. The molecule has 1 heterocycles. The van der Waals surface area contributed by atoms with Crippen molar-refractivity contribution in [1.82, 2.24) is 10.2 Å². The zero-order valence-corrected chi connectivity index (χ0v) is 20.6. The van der Waals surface area contributed by atoms with Crippen LogP contribution < -0.4 is 15.5 Å². The molecule has 1 saturated heterocycles. The van der Waals surface area contributed by atoms with Gasteiger partial charge in [-0.25, -0.2) is 0 Å². The highest BCUT2D eigenvalue weighted by Crippen LogP contribution is 2.21. The predicted molar refractivity (Wildman–Crippen MR) is 143 cm³/mol. The molecule has 1 aliphatic heterocycles. The fourth-order valence-corrected chi connectivity index (χ4v) is 4.13. The second-order valence-corrected chi connectivity index (χ2v) is 8.89. The monoisotopic (exact) mass is 523 g/mol. The third-order valence-corrected chi connectivity index (χ3v) is 6.15. The fraction of sp³-hybridized carbons (Fsp3) is 0.160. The zero-order chi connectivity index (χ0) is 25.7. The van der Waals surface area contributed by atoms with E-state index in [1.807, 2.05) is 29.2 Å². The molecule has 0 aromatic heterocycles. The SMILES string of the molecule is O=C(NC(=S)Nc1ccc(N2CCN(C(=O)c3ccc(Cl)cc3)CC2)cc1)c1cccc([N+](=O)[O-])c1. The fourth-order valence-electron chi connectivity index (χ4n) is 3.80. The van der Waals surface area contributed by atoms with Gasteiger partial charge in [0.15, 0.2) is 5.11 Å². The third kappa shape index (κ3) is 6.15. The minimum atomic E-state index is -0.563. The number of anilines is 2. The molecule has 0 saturated carbocycles. The molecule has 184 valence electrons. The van der Waals surface area contributed by atoms with Crippen molar-refractivity contribution >= 4 is 57.8 Å². The number of rotatable bonds is 5. The van der Waals surface area contributed by atoms with E-state index < -0.39 is 10.8 Å². The molecule has 2 amide bonds. The Bertz CT molecular complexity index is 1290. The maximum Gasteiger partial charge on any atom is 0.270 e. The summed E-state index contributed by atoms with van der Waals surface area (Å²) in [6, 6.07) is 19.9. The van der Waals surface area contributed by atoms with Crippen LogP contribution in [-0.2, 0) is 0 Å². The first kappa shape index (κ1) is 25.1. The van der Waals surface area contributed by atoms with Crippen LogP contribution in [0.5, 0.6) is 0 Å². The molecule has 1 fully saturated rings. The van der Waals surface area contributed by atoms with Gasteiger partial charge in [-0.3, -0.25) is 25.0 Å². The largest absolute Gasteiger partial charge is 0.368 e. The summed E-state index contributed by atoms with van der Waals surface area (Å²) < 4.78 is 0. The number of halogens is 1. The molecule has 4 rings (SSSR count). The van der Waals surface area contributed by atoms with Crippen molar-refractivity contribution in [1.29, 1.82) is 0 Å². The van der Waals surface area contributed by atoms with Crippen LogP contribution in [0.25, 0.3) is 0 Å². The molecular weight excluding hydrogens is 502 g/mol. The molecule has 1 aliphatic rings. The lowest BCUT2D eigenvalue weighted by molar-refractivity contribution is -0.384. The van der Waals surface area contributed by atoms with Gasteiger partial charge in [0.25, 0.3) is 17.5 Å². The molecule has 9 nitrogen and oxygen atoms in total. The molecule has 3 aromatic carbocycles. The average molecular weight is 524 g/mol. The van der Waals surface area contributed by atoms with E-state index in [-0.39, 0.29) is 22.3 Å². The van der Waals surface area contributed by atoms with Gasteiger partial charge in [0, 0.05) is 65.8 Å². The normalized spacial score (nSPS) is 13.1. The number of nitrogens with one attached hydrogen (secondary N) is 2. The topological polar surface area (TPSA) is 108 Å². The van der Waals surface area contributed by atoms with Gasteiger partial charge in [-0.05, 0) is 66.8 Å². The number of non-ortho nitro benzene ring substituents is 1. The number of carbonyl (C=O) groups excluding carboxylic acids is 2. The van der Waals surface area contributed by atoms with Crippen LogP contribution in [0.1, 0.15) is 20.7 Å². The number of hydrogen-bond acceptors (Lipinski definition) is 6. The third-order valence-electron chi connectivity index (χ3n) is 5.69. The highest BCUT2D eigenvalue weighted by molar-refractivity contribution is 7.80. The number of nitrogens with zero attached hydrogens (tertiary/aromatic N) is 3. The van der Waals surface area contributed by atoms with E-state index in [0.29, 0.717) is 42.5 Å². The van der Waals surface area contributed by atoms with Crippen molar-refractivity contribution in [2.24, 2.45) is 0 Å². The molecular formula is C25H22ClN5O4S. The summed E-state index contributed by atoms with van der Waals surface area (Å²) >= 11 is 11.1. The number of thiocarbonyl (C=S) groups is 1. The first-order valence-corrected chi connectivity index (χ1v) is 11.9. The summed E-state index contributed by atoms with van der Waals surface area (Å²) in [5.41, 5.74) is 2.27. The summed E-state index contributed by atoms with van der Waals surface area (Å²) in [5.74, 6) is -0.551. The molecule has 0 atom stereocenters. The molecule has 0 aliphatic carbocycles. The van der Waals surface area contributed by atoms with Crippen LogP contribution in [0, 0.1) is 10.1 Å². The Morgan fingerprint density at radius 1 is 0.917 bits per heavy atom. The Morgan fingerprint density at radius 3 is 2.22 bits per heavy atom. The molecule has 0 unspecified atom stereocenters. The summed E-state index contributed by atoms with van der Waals surface area (Å²) in [7, 11) is 0. The van der Waals surface area contributed by atoms with Crippen LogP contribution in [0.3, 0.4) is 0 Å². The van der Waals surface area contributed by atoms with Crippen LogP contribution in [0.2, 0.25) is 5.02 Å². The Kier molecular flexibility index (Phi) is 7.77. The van der Waals surface area contributed by atoms with Crippen molar-refractivity contribution < 1.29 is 14.5 Å². The van der Waals surface area contributed by atoms with Gasteiger partial charge in [-0.15, -0.1) is 0 Å². The van der Waals surface area contributed by atoms with Crippen LogP contribution in [0.4, 0.5) is 17.1 Å². The highest BCUT2D eigenvalue weighted by atomic mass is 35.5. The van der Waals surface area contributed by atoms with Gasteiger partial charge in [0.2, 0.25) is 0 Å². The molecule has 0 spiro atoms. The zero-order valence-electron chi connectivity index (χ0n) is 19.0. The average Bonchev–Trinajstić information content (AvgIpc) is 2.89. The first-order chi connectivity index (χ1) is 17.3. The molecule has 11 heteroatoms. The van der Waals surface area contributed by atoms with E-state index >= 15 is 0 Å². The summed E-state index contributed by atoms with van der Waals surface area (Å²) in [6.07, 6.45) is 0. The van der Waals surface area contributed by atoms with Gasteiger partial charge in [-0.2, -0.15) is 0 Å². The van der Waals surface area contributed by atoms with Crippen LogP contribution >= 0.6 is 23.8 Å². The van der Waals surface area contributed by atoms with Crippen molar-refractivity contribution in [2.45, 2.75) is 0 Å². The minimum Gasteiger partial charge on any atom is -0.368 e. The van der Waals surface area contributed by atoms with E-state index in [1.54, 1.807) is 24.3 Å². The number of nitro benzene ring substituents is 1. The summed E-state index contributed by atoms with van der Waals surface area (Å²) in [6.45, 7) is 2.61. The predicted octanol–water partition coefficient (Wildman–Crippen LogP) is 4.34. The summed E-state index contributed by atoms with van der Waals surface area (Å²) in [4.78, 5) is 39.4. The lowest BCUT2D eigenvalue weighted by Crippen LogP contribution is -2.48. The Morgan fingerprint density at radius 2 is 1.58 bits per heavy atom. The maximum absolute atomic E-state index is 12.7. The minimum absolute atomic E-state index is 0.00784. The number of nitro groups is 1. The standard InChI is InChI=1S/C25H22ClN5O4S/c26-19-6-4-17(5-7-19)24(33)30-14-12-29(13-15-30)21-10-8-20(9-11-21)27-25(36)28-23(32)18-2-1-3-22(16-18)31(34)35/h1-11,16H,12-15H2,(H2,27,28,32,36). The van der Waals surface area contributed by atoms with Gasteiger partial charge in [-0.1, -0.05) is 17.7 Å². The second-order valence-electron chi connectivity index (χ2n) is 8.05. The lowest BCUT2D eigenvalue weighted by atomic mass is 10.1. The number of hydrogen-bond donors (Lipinski definition) is 2. The maximum atomic E-state index is 12.7. The number of benzene rings is 3. The van der Waals surface area contributed by atoms with E-state index in [1.165, 1.54) is 24.3 Å². The van der Waals surface area contributed by atoms with Gasteiger partial charge in [0.05, 0.1) is 4.92 Å². The van der Waals surface area contributed by atoms with Gasteiger partial charge in [0.1, 0.15) is 0 Å². The number of carbonyl (C=O) groups is 2. The smallest absolute Gasteiger partial charge is 0.270 e. The van der Waals surface area contributed by atoms with E-state index in [2.05, 4.69) is 15.5 Å². The Hall–Kier alpha value is -4.02. The summed E-state index contributed by atoms with van der Waals surface area (Å²) in [5, 5.41) is 17.0. The van der Waals surface area contributed by atoms with Crippen LogP contribution in [-0.4, -0.2) is 52.9 Å². The molecule has 36 heavy (non-hydrogen) atoms. The van der Waals surface area contributed by atoms with Gasteiger partial charge >= 0.3 is 0 Å². The highest BCUT2D eigenvalue weighted by Gasteiger charge is 2.22. The van der Waals surface area contributed by atoms with Crippen molar-refractivity contribution in [3.63, 3.8) is 0 Å². The van der Waals surface area contributed by atoms with E-state index in [9.17, 15) is 19.7 Å². The van der Waals surface area contributed by atoms with E-state index in [4.69, 9.17) is 23.8 Å². The molecule has 2 N–H and O–H groups in total. The van der Waals surface area contributed by atoms with Gasteiger partial charge < -0.3 is 15.1 Å². The number of amides is 2. The van der Waals surface area contributed by atoms with Crippen molar-refractivity contribution in [3.05, 3.63) is 99.1 Å². The first-order valence-electron chi connectivity index (χ1n) is 11.1. The Balaban J connectivity index is 1.28. The quantitative estimate of drug-likeness (QED) is 0.291.